The van der Waals surface area contributed by atoms with E-state index in [-0.39, 0.29) is 29.5 Å². The Morgan fingerprint density at radius 2 is 1.66 bits per heavy atom. The van der Waals surface area contributed by atoms with Gasteiger partial charge in [0.1, 0.15) is 23.4 Å². The second kappa shape index (κ2) is 14.7. The van der Waals surface area contributed by atoms with E-state index >= 15 is 0 Å². The van der Waals surface area contributed by atoms with Crippen LogP contribution in [0, 0.1) is 5.92 Å². The Hall–Kier alpha value is -2.42. The third kappa shape index (κ3) is 10.0. The maximum atomic E-state index is 14.1. The number of carbonyl (C=O) groups is 3. The standard InChI is InChI=1S/C29H47N3O5S/c1-19(2)12-13-20(3)32(27(35)24(18-38)31-28(36)37-29(4,5)6)25(21-14-16-23(33)17-15-21)26(34)30-22-10-8-7-9-11-22/h14-17,19-20,22,24-25,33,38H,7-13,18H2,1-6H3,(H,30,34)(H,31,36). The fourth-order valence-corrected chi connectivity index (χ4v) is 5.00. The van der Waals surface area contributed by atoms with E-state index in [1.165, 1.54) is 12.1 Å². The molecular formula is C29H47N3O5S. The fraction of sp³-hybridized carbons (Fsp3) is 0.690. The molecule has 38 heavy (non-hydrogen) atoms. The molecule has 0 spiro atoms. The summed E-state index contributed by atoms with van der Waals surface area (Å²) in [5, 5.41) is 15.8. The van der Waals surface area contributed by atoms with Gasteiger partial charge in [0.05, 0.1) is 0 Å². The number of thiol groups is 1. The van der Waals surface area contributed by atoms with E-state index in [1.807, 2.05) is 6.92 Å². The highest BCUT2D eigenvalue weighted by Gasteiger charge is 2.39. The van der Waals surface area contributed by atoms with Crippen molar-refractivity contribution < 1.29 is 24.2 Å². The first-order valence-electron chi connectivity index (χ1n) is 13.8. The molecule has 0 aliphatic heterocycles. The van der Waals surface area contributed by atoms with Crippen LogP contribution in [0.5, 0.6) is 5.75 Å². The molecule has 3 amide bonds. The van der Waals surface area contributed by atoms with Crippen molar-refractivity contribution >= 4 is 30.5 Å². The highest BCUT2D eigenvalue weighted by molar-refractivity contribution is 7.80. The molecular weight excluding hydrogens is 502 g/mol. The Bertz CT molecular complexity index is 910. The molecule has 3 atom stereocenters. The number of ether oxygens (including phenoxy) is 1. The van der Waals surface area contributed by atoms with Crippen LogP contribution in [0.25, 0.3) is 0 Å². The number of carbonyl (C=O) groups excluding carboxylic acids is 3. The molecule has 0 heterocycles. The number of benzene rings is 1. The van der Waals surface area contributed by atoms with E-state index in [9.17, 15) is 19.5 Å². The summed E-state index contributed by atoms with van der Waals surface area (Å²) in [7, 11) is 0. The minimum Gasteiger partial charge on any atom is -0.508 e. The number of phenolic OH excluding ortho intramolecular Hbond substituents is 1. The third-order valence-corrected chi connectivity index (χ3v) is 7.11. The van der Waals surface area contributed by atoms with Gasteiger partial charge in [-0.25, -0.2) is 4.79 Å². The van der Waals surface area contributed by atoms with Crippen molar-refractivity contribution in [3.63, 3.8) is 0 Å². The van der Waals surface area contributed by atoms with Crippen molar-refractivity contribution in [2.75, 3.05) is 5.75 Å². The number of hydrogen-bond acceptors (Lipinski definition) is 6. The van der Waals surface area contributed by atoms with Crippen molar-refractivity contribution in [2.45, 2.75) is 116 Å². The maximum Gasteiger partial charge on any atom is 0.408 e. The van der Waals surface area contributed by atoms with Crippen LogP contribution in [0.3, 0.4) is 0 Å². The Labute approximate surface area is 233 Å². The summed E-state index contributed by atoms with van der Waals surface area (Å²) >= 11 is 4.36. The van der Waals surface area contributed by atoms with Crippen LogP contribution < -0.4 is 10.6 Å². The van der Waals surface area contributed by atoms with Gasteiger partial charge in [-0.15, -0.1) is 0 Å². The number of rotatable bonds is 11. The van der Waals surface area contributed by atoms with Crippen LogP contribution in [0.2, 0.25) is 0 Å². The third-order valence-electron chi connectivity index (χ3n) is 6.75. The van der Waals surface area contributed by atoms with E-state index in [1.54, 1.807) is 37.8 Å². The minimum absolute atomic E-state index is 0.0397. The number of aromatic hydroxyl groups is 1. The van der Waals surface area contributed by atoms with Gasteiger partial charge >= 0.3 is 6.09 Å². The lowest BCUT2D eigenvalue weighted by Gasteiger charge is -2.39. The van der Waals surface area contributed by atoms with Gasteiger partial charge in [-0.3, -0.25) is 9.59 Å². The minimum atomic E-state index is -0.989. The normalized spacial score (nSPS) is 16.8. The molecule has 1 saturated carbocycles. The molecule has 0 aromatic heterocycles. The molecule has 1 aromatic carbocycles. The van der Waals surface area contributed by atoms with E-state index in [0.717, 1.165) is 38.5 Å². The monoisotopic (exact) mass is 549 g/mol. The van der Waals surface area contributed by atoms with Gasteiger partial charge in [-0.1, -0.05) is 45.2 Å². The fourth-order valence-electron chi connectivity index (χ4n) is 4.75. The summed E-state index contributed by atoms with van der Waals surface area (Å²) < 4.78 is 5.38. The number of alkyl carbamates (subject to hydrolysis) is 1. The molecule has 9 heteroatoms. The van der Waals surface area contributed by atoms with Crippen LogP contribution in [-0.2, 0) is 14.3 Å². The smallest absolute Gasteiger partial charge is 0.408 e. The molecule has 1 aliphatic rings. The molecule has 1 aliphatic carbocycles. The number of amides is 3. The van der Waals surface area contributed by atoms with Gasteiger partial charge in [-0.05, 0) is 77.0 Å². The van der Waals surface area contributed by atoms with E-state index in [4.69, 9.17) is 4.74 Å². The Balaban J connectivity index is 2.47. The Morgan fingerprint density at radius 3 is 2.18 bits per heavy atom. The molecule has 1 fully saturated rings. The highest BCUT2D eigenvalue weighted by atomic mass is 32.1. The topological polar surface area (TPSA) is 108 Å². The summed E-state index contributed by atoms with van der Waals surface area (Å²) in [6.07, 6.45) is 5.92. The summed E-state index contributed by atoms with van der Waals surface area (Å²) in [5.74, 6) is -0.136. The first-order chi connectivity index (χ1) is 17.8. The van der Waals surface area contributed by atoms with Gasteiger partial charge < -0.3 is 25.4 Å². The SMILES string of the molecule is CC(C)CCC(C)N(C(=O)C(CS)NC(=O)OC(C)(C)C)C(C(=O)NC1CCCCC1)c1ccc(O)cc1. The summed E-state index contributed by atoms with van der Waals surface area (Å²) in [6, 6.07) is 4.22. The molecule has 3 unspecified atom stereocenters. The second-order valence-corrected chi connectivity index (χ2v) is 12.1. The zero-order chi connectivity index (χ0) is 28.5. The first-order valence-corrected chi connectivity index (χ1v) is 14.5. The van der Waals surface area contributed by atoms with Crippen molar-refractivity contribution in [1.29, 1.82) is 0 Å². The summed E-state index contributed by atoms with van der Waals surface area (Å²) in [5.41, 5.74) is -0.136. The molecule has 0 bridgehead atoms. The maximum absolute atomic E-state index is 14.1. The van der Waals surface area contributed by atoms with Crippen molar-refractivity contribution in [2.24, 2.45) is 5.92 Å². The predicted octanol–water partition coefficient (Wildman–Crippen LogP) is 5.36. The van der Waals surface area contributed by atoms with Crippen LogP contribution >= 0.6 is 12.6 Å². The lowest BCUT2D eigenvalue weighted by Crippen LogP contribution is -2.57. The highest BCUT2D eigenvalue weighted by Crippen LogP contribution is 2.29. The number of hydrogen-bond donors (Lipinski definition) is 4. The van der Waals surface area contributed by atoms with Gasteiger partial charge in [0.2, 0.25) is 11.8 Å². The number of nitrogens with zero attached hydrogens (tertiary/aromatic N) is 1. The van der Waals surface area contributed by atoms with Crippen LogP contribution in [0.15, 0.2) is 24.3 Å². The number of phenols is 1. The van der Waals surface area contributed by atoms with Gasteiger partial charge in [0, 0.05) is 17.8 Å². The molecule has 214 valence electrons. The van der Waals surface area contributed by atoms with E-state index < -0.39 is 29.7 Å². The van der Waals surface area contributed by atoms with Crippen molar-refractivity contribution in [3.8, 4) is 5.75 Å². The van der Waals surface area contributed by atoms with Crippen molar-refractivity contribution in [3.05, 3.63) is 29.8 Å². The molecule has 2 rings (SSSR count). The van der Waals surface area contributed by atoms with Gasteiger partial charge in [0.15, 0.2) is 0 Å². The Kier molecular flexibility index (Phi) is 12.3. The lowest BCUT2D eigenvalue weighted by molar-refractivity contribution is -0.145. The summed E-state index contributed by atoms with van der Waals surface area (Å²) in [4.78, 5) is 42.2. The molecule has 0 saturated heterocycles. The van der Waals surface area contributed by atoms with E-state index in [0.29, 0.717) is 17.9 Å². The zero-order valence-corrected chi connectivity index (χ0v) is 24.7. The van der Waals surface area contributed by atoms with Gasteiger partial charge in [0.25, 0.3) is 0 Å². The molecule has 1 aromatic rings. The van der Waals surface area contributed by atoms with Crippen LogP contribution in [-0.4, -0.2) is 57.4 Å². The first kappa shape index (κ1) is 31.8. The summed E-state index contributed by atoms with van der Waals surface area (Å²) in [6.45, 7) is 11.4. The predicted molar refractivity (Wildman–Crippen MR) is 153 cm³/mol. The lowest BCUT2D eigenvalue weighted by atomic mass is 9.94. The largest absolute Gasteiger partial charge is 0.508 e. The average molecular weight is 550 g/mol. The van der Waals surface area contributed by atoms with Gasteiger partial charge in [-0.2, -0.15) is 12.6 Å². The Morgan fingerprint density at radius 1 is 1.05 bits per heavy atom. The van der Waals surface area contributed by atoms with Crippen molar-refractivity contribution in [1.82, 2.24) is 15.5 Å². The van der Waals surface area contributed by atoms with E-state index in [2.05, 4.69) is 37.1 Å². The molecule has 8 nitrogen and oxygen atoms in total. The second-order valence-electron chi connectivity index (χ2n) is 11.8. The zero-order valence-electron chi connectivity index (χ0n) is 23.8. The number of nitrogens with one attached hydrogen (secondary N) is 2. The quantitative estimate of drug-likeness (QED) is 0.278. The molecule has 3 N–H and O–H groups in total. The average Bonchev–Trinajstić information content (AvgIpc) is 2.84. The van der Waals surface area contributed by atoms with Crippen LogP contribution in [0.4, 0.5) is 4.79 Å². The van der Waals surface area contributed by atoms with Crippen LogP contribution in [0.1, 0.15) is 98.1 Å². The molecule has 0 radical (unpaired) electrons.